The highest BCUT2D eigenvalue weighted by molar-refractivity contribution is 5.89. The molecular weight excluding hydrogens is 552 g/mol. The minimum absolute atomic E-state index is 0.0463. The number of primary amides is 1. The van der Waals surface area contributed by atoms with Gasteiger partial charge in [0.25, 0.3) is 0 Å². The molecule has 2 bridgehead atoms. The summed E-state index contributed by atoms with van der Waals surface area (Å²) >= 11 is 0. The van der Waals surface area contributed by atoms with Gasteiger partial charge in [-0.15, -0.1) is 0 Å². The maximum absolute atomic E-state index is 13.4. The van der Waals surface area contributed by atoms with E-state index in [1.807, 2.05) is 0 Å². The van der Waals surface area contributed by atoms with Crippen molar-refractivity contribution in [1.29, 1.82) is 0 Å². The molecule has 2 aliphatic heterocycles. The Balaban J connectivity index is 1.52. The van der Waals surface area contributed by atoms with E-state index in [9.17, 15) is 24.0 Å². The fourth-order valence-corrected chi connectivity index (χ4v) is 5.46. The third-order valence-electron chi connectivity index (χ3n) is 7.68. The Morgan fingerprint density at radius 3 is 2.56 bits per heavy atom. The average Bonchev–Trinajstić information content (AvgIpc) is 3.48. The van der Waals surface area contributed by atoms with Crippen LogP contribution in [0.15, 0.2) is 59.2 Å². The summed E-state index contributed by atoms with van der Waals surface area (Å²) in [6.45, 7) is 2.39. The predicted molar refractivity (Wildman–Crippen MR) is 158 cm³/mol. The molecule has 0 saturated carbocycles. The van der Waals surface area contributed by atoms with Gasteiger partial charge in [0.15, 0.2) is 0 Å². The van der Waals surface area contributed by atoms with Crippen LogP contribution in [0.4, 0.5) is 0 Å². The van der Waals surface area contributed by atoms with Gasteiger partial charge in [0.1, 0.15) is 17.8 Å². The van der Waals surface area contributed by atoms with Crippen molar-refractivity contribution in [2.24, 2.45) is 11.7 Å². The maximum atomic E-state index is 13.4. The van der Waals surface area contributed by atoms with E-state index in [2.05, 4.69) is 26.2 Å². The van der Waals surface area contributed by atoms with Crippen LogP contribution in [0.25, 0.3) is 0 Å². The molecule has 12 nitrogen and oxygen atoms in total. The molecule has 2 aromatic rings. The number of hydrogen-bond donors (Lipinski definition) is 5. The summed E-state index contributed by atoms with van der Waals surface area (Å²) in [6, 6.07) is 8.82. The Morgan fingerprint density at radius 2 is 1.79 bits per heavy atom. The molecule has 0 spiro atoms. The molecule has 2 aliphatic rings. The fraction of sp³-hybridized carbons (Fsp3) is 0.452. The van der Waals surface area contributed by atoms with Crippen LogP contribution >= 0.6 is 0 Å². The first-order valence-electron chi connectivity index (χ1n) is 14.7. The summed E-state index contributed by atoms with van der Waals surface area (Å²) in [4.78, 5) is 65.8. The molecule has 4 atom stereocenters. The van der Waals surface area contributed by atoms with Crippen LogP contribution in [0.1, 0.15) is 42.6 Å². The van der Waals surface area contributed by atoms with E-state index in [4.69, 9.17) is 10.2 Å². The van der Waals surface area contributed by atoms with Crippen molar-refractivity contribution in [3.63, 3.8) is 0 Å². The summed E-state index contributed by atoms with van der Waals surface area (Å²) in [5.74, 6) is -1.33. The molecule has 0 aliphatic carbocycles. The third kappa shape index (κ3) is 10.1. The van der Waals surface area contributed by atoms with Crippen molar-refractivity contribution in [3.05, 3.63) is 71.7 Å². The number of hydrogen-bond acceptors (Lipinski definition) is 7. The molecule has 1 unspecified atom stereocenters. The summed E-state index contributed by atoms with van der Waals surface area (Å²) in [6.07, 6.45) is 7.11. The average molecular weight is 593 g/mol. The van der Waals surface area contributed by atoms with Gasteiger partial charge in [-0.2, -0.15) is 0 Å². The lowest BCUT2D eigenvalue weighted by molar-refractivity contribution is -0.129. The van der Waals surface area contributed by atoms with Crippen molar-refractivity contribution in [1.82, 2.24) is 26.2 Å². The predicted octanol–water partition coefficient (Wildman–Crippen LogP) is 0.314. The molecule has 5 amide bonds. The number of fused-ring (bicyclic) bond motifs is 3. The van der Waals surface area contributed by atoms with E-state index >= 15 is 0 Å². The van der Waals surface area contributed by atoms with Gasteiger partial charge in [0, 0.05) is 45.1 Å². The first-order valence-corrected chi connectivity index (χ1v) is 14.7. The second kappa shape index (κ2) is 15.7. The molecule has 0 radical (unpaired) electrons. The highest BCUT2D eigenvalue weighted by Gasteiger charge is 2.27. The lowest BCUT2D eigenvalue weighted by Crippen LogP contribution is -2.48. The van der Waals surface area contributed by atoms with E-state index in [1.165, 1.54) is 12.3 Å². The first-order chi connectivity index (χ1) is 20.8. The number of carbonyl (C=O) groups is 5. The minimum atomic E-state index is -0.957. The lowest BCUT2D eigenvalue weighted by Gasteiger charge is -2.32. The van der Waals surface area contributed by atoms with E-state index in [0.717, 1.165) is 19.4 Å². The molecule has 6 N–H and O–H groups in total. The molecule has 1 saturated heterocycles. The SMILES string of the molecule is NC(=O)[C@@H]1CCNC(=O)/C=C\CN2CCC[C@H](CC(=O)N[C@@H](Cc3ccco3)C(=O)NCc3ccccc3CC(=O)N1)C2. The normalized spacial score (nSPS) is 25.7. The number of rotatable bonds is 3. The topological polar surface area (TPSA) is 176 Å². The number of piperidine rings is 1. The Kier molecular flexibility index (Phi) is 11.5. The fourth-order valence-electron chi connectivity index (χ4n) is 5.46. The van der Waals surface area contributed by atoms with E-state index in [0.29, 0.717) is 30.0 Å². The minimum Gasteiger partial charge on any atom is -0.469 e. The standard InChI is InChI=1S/C31H40N6O6/c32-30(41)25-11-12-33-27(38)10-4-14-37-13-3-6-21(20-37)16-28(39)36-26(18-24-9-5-15-43-24)31(42)34-19-23-8-2-1-7-22(23)17-29(40)35-25/h1-2,4-5,7-10,15,21,25-26H,3,6,11-14,16-20H2,(H2,32,41)(H,33,38)(H,34,42)(H,35,40)(H,36,39)/b10-4-/t21-,25+,26+/m1/s1. The summed E-state index contributed by atoms with van der Waals surface area (Å²) in [5, 5.41) is 11.2. The first kappa shape index (κ1) is 31.5. The zero-order valence-electron chi connectivity index (χ0n) is 24.2. The number of nitrogens with two attached hydrogens (primary N) is 1. The maximum Gasteiger partial charge on any atom is 0.243 e. The second-order valence-electron chi connectivity index (χ2n) is 11.0. The smallest absolute Gasteiger partial charge is 0.243 e. The number of benzene rings is 1. The molecule has 1 fully saturated rings. The molecule has 1 aromatic carbocycles. The van der Waals surface area contributed by atoms with Gasteiger partial charge in [0.2, 0.25) is 29.5 Å². The molecule has 43 heavy (non-hydrogen) atoms. The molecule has 12 heteroatoms. The van der Waals surface area contributed by atoms with Crippen molar-refractivity contribution in [2.75, 3.05) is 26.2 Å². The highest BCUT2D eigenvalue weighted by Crippen LogP contribution is 2.20. The number of amides is 5. The van der Waals surface area contributed by atoms with Crippen molar-refractivity contribution in [2.45, 2.75) is 57.2 Å². The third-order valence-corrected chi connectivity index (χ3v) is 7.68. The monoisotopic (exact) mass is 592 g/mol. The summed E-state index contributed by atoms with van der Waals surface area (Å²) in [7, 11) is 0. The Morgan fingerprint density at radius 1 is 0.977 bits per heavy atom. The number of nitrogens with one attached hydrogen (secondary N) is 4. The Labute approximate surface area is 250 Å². The molecule has 1 aromatic heterocycles. The van der Waals surface area contributed by atoms with Gasteiger partial charge in [0.05, 0.1) is 12.7 Å². The second-order valence-corrected chi connectivity index (χ2v) is 11.0. The van der Waals surface area contributed by atoms with Crippen molar-refractivity contribution >= 4 is 29.5 Å². The van der Waals surface area contributed by atoms with Crippen LogP contribution < -0.4 is 27.0 Å². The zero-order chi connectivity index (χ0) is 30.6. The van der Waals surface area contributed by atoms with Gasteiger partial charge >= 0.3 is 0 Å². The van der Waals surface area contributed by atoms with Crippen LogP contribution in [-0.2, 0) is 43.4 Å². The summed E-state index contributed by atoms with van der Waals surface area (Å²) < 4.78 is 5.45. The molecule has 230 valence electrons. The summed E-state index contributed by atoms with van der Waals surface area (Å²) in [5.41, 5.74) is 6.89. The molecule has 3 heterocycles. The van der Waals surface area contributed by atoms with Gasteiger partial charge < -0.3 is 31.4 Å². The van der Waals surface area contributed by atoms with E-state index < -0.39 is 23.9 Å². The Bertz CT molecular complexity index is 1310. The van der Waals surface area contributed by atoms with Crippen LogP contribution in [0.3, 0.4) is 0 Å². The van der Waals surface area contributed by atoms with Gasteiger partial charge in [-0.05, 0) is 55.0 Å². The van der Waals surface area contributed by atoms with Crippen LogP contribution in [0.2, 0.25) is 0 Å². The quantitative estimate of drug-likeness (QED) is 0.341. The van der Waals surface area contributed by atoms with Crippen LogP contribution in [-0.4, -0.2) is 72.7 Å². The lowest BCUT2D eigenvalue weighted by atomic mass is 9.94. The zero-order valence-corrected chi connectivity index (χ0v) is 24.2. The number of nitrogens with zero attached hydrogens (tertiary/aromatic N) is 1. The van der Waals surface area contributed by atoms with Gasteiger partial charge in [-0.1, -0.05) is 30.3 Å². The Hall–Kier alpha value is -4.45. The number of carbonyl (C=O) groups excluding carboxylic acids is 5. The van der Waals surface area contributed by atoms with Crippen LogP contribution in [0.5, 0.6) is 0 Å². The van der Waals surface area contributed by atoms with Gasteiger partial charge in [-0.3, -0.25) is 28.9 Å². The van der Waals surface area contributed by atoms with E-state index in [-0.39, 0.29) is 62.4 Å². The highest BCUT2D eigenvalue weighted by atomic mass is 16.3. The van der Waals surface area contributed by atoms with Gasteiger partial charge in [-0.25, -0.2) is 0 Å². The van der Waals surface area contributed by atoms with Crippen molar-refractivity contribution < 1.29 is 28.4 Å². The van der Waals surface area contributed by atoms with Crippen LogP contribution in [0, 0.1) is 5.92 Å². The number of furan rings is 1. The van der Waals surface area contributed by atoms with Crippen molar-refractivity contribution in [3.8, 4) is 0 Å². The van der Waals surface area contributed by atoms with E-state index in [1.54, 1.807) is 42.5 Å². The molecule has 4 rings (SSSR count). The molecular formula is C31H40N6O6. The largest absolute Gasteiger partial charge is 0.469 e.